The third kappa shape index (κ3) is 5.19. The predicted molar refractivity (Wildman–Crippen MR) is 231 cm³/mol. The number of aromatic nitrogens is 1. The van der Waals surface area contributed by atoms with Gasteiger partial charge in [0.25, 0.3) is 0 Å². The fourth-order valence-electron chi connectivity index (χ4n) is 8.41. The molecule has 0 amide bonds. The van der Waals surface area contributed by atoms with Crippen molar-refractivity contribution in [1.29, 1.82) is 0 Å². The zero-order valence-corrected chi connectivity index (χ0v) is 30.2. The molecule has 0 saturated heterocycles. The molecule has 0 N–H and O–H groups in total. The molecule has 0 aliphatic rings. The summed E-state index contributed by atoms with van der Waals surface area (Å²) in [4.78, 5) is 2.31. The van der Waals surface area contributed by atoms with Crippen molar-refractivity contribution in [1.82, 2.24) is 4.57 Å². The van der Waals surface area contributed by atoms with Gasteiger partial charge in [0.2, 0.25) is 0 Å². The molecule has 0 aliphatic carbocycles. The van der Waals surface area contributed by atoms with E-state index < -0.39 is 0 Å². The molecule has 0 bridgehead atoms. The van der Waals surface area contributed by atoms with Crippen LogP contribution in [0.2, 0.25) is 0 Å². The summed E-state index contributed by atoms with van der Waals surface area (Å²) in [5.74, 6) is -0.250. The maximum Gasteiger partial charge on any atom is 0.143 e. The zero-order valence-electron chi connectivity index (χ0n) is 30.2. The minimum Gasteiger partial charge on any atom is -0.455 e. The first-order chi connectivity index (χ1) is 27.7. The van der Waals surface area contributed by atoms with E-state index in [4.69, 9.17) is 4.42 Å². The van der Waals surface area contributed by atoms with Crippen molar-refractivity contribution in [3.63, 3.8) is 0 Å². The van der Waals surface area contributed by atoms with Gasteiger partial charge in [0.05, 0.1) is 22.4 Å². The van der Waals surface area contributed by atoms with Crippen LogP contribution >= 0.6 is 0 Å². The lowest BCUT2D eigenvalue weighted by molar-refractivity contribution is 0.629. The van der Waals surface area contributed by atoms with Gasteiger partial charge < -0.3 is 13.9 Å². The number of rotatable bonds is 6. The number of nitrogens with zero attached hydrogens (tertiary/aromatic N) is 2. The Balaban J connectivity index is 1.08. The number of fused-ring (bicyclic) bond motifs is 7. The SMILES string of the molecule is Fc1ccc2c(c1)c1ccccc1n2-c1ccccc1N(c1ccc(-c2ccc3ccccc3c2)cc1)c1ccc(-c2cccc3c2oc2ccccc23)cc1. The van der Waals surface area contributed by atoms with Gasteiger partial charge in [-0.05, 0) is 100 Å². The normalized spacial score (nSPS) is 11.7. The van der Waals surface area contributed by atoms with Gasteiger partial charge in [0, 0.05) is 38.5 Å². The number of benzene rings is 9. The van der Waals surface area contributed by atoms with Gasteiger partial charge in [-0.3, -0.25) is 0 Å². The van der Waals surface area contributed by atoms with Gasteiger partial charge >= 0.3 is 0 Å². The van der Waals surface area contributed by atoms with Crippen LogP contribution in [-0.2, 0) is 0 Å². The van der Waals surface area contributed by atoms with Crippen LogP contribution in [0, 0.1) is 5.82 Å². The standard InChI is InChI=1S/C52H33FN2O/c53-39-26-31-48-46(33-39)43-12-3-5-16-47(43)55(48)50-18-7-6-17-49(50)54(40-27-22-35(23-28-40)38-21-20-34-10-1-2-11-37(34)32-38)41-29-24-36(25-30-41)42-14-9-15-45-44-13-4-8-19-51(44)56-52(42)45/h1-33H. The van der Waals surface area contributed by atoms with Crippen LogP contribution in [0.1, 0.15) is 0 Å². The van der Waals surface area contributed by atoms with Crippen LogP contribution in [0.5, 0.6) is 0 Å². The lowest BCUT2D eigenvalue weighted by Crippen LogP contribution is -2.13. The van der Waals surface area contributed by atoms with Crippen molar-refractivity contribution in [3.8, 4) is 27.9 Å². The molecule has 4 heteroatoms. The van der Waals surface area contributed by atoms with E-state index in [-0.39, 0.29) is 5.82 Å². The molecular formula is C52H33FN2O. The summed E-state index contributed by atoms with van der Waals surface area (Å²) < 4.78 is 23.4. The lowest BCUT2D eigenvalue weighted by atomic mass is 10.0. The summed E-state index contributed by atoms with van der Waals surface area (Å²) in [5.41, 5.74) is 12.2. The Morgan fingerprint density at radius 2 is 1.07 bits per heavy atom. The van der Waals surface area contributed by atoms with E-state index in [0.717, 1.165) is 83.2 Å². The average molecular weight is 721 g/mol. The molecule has 0 spiro atoms. The van der Waals surface area contributed by atoms with Crippen LogP contribution in [0.4, 0.5) is 21.5 Å². The number of anilines is 3. The van der Waals surface area contributed by atoms with E-state index >= 15 is 0 Å². The first kappa shape index (κ1) is 32.0. The van der Waals surface area contributed by atoms with Crippen LogP contribution < -0.4 is 4.90 Å². The van der Waals surface area contributed by atoms with E-state index in [1.54, 1.807) is 12.1 Å². The molecule has 2 aromatic heterocycles. The maximum atomic E-state index is 14.7. The van der Waals surface area contributed by atoms with E-state index in [0.29, 0.717) is 0 Å². The molecule has 0 aliphatic heterocycles. The monoisotopic (exact) mass is 720 g/mol. The highest BCUT2D eigenvalue weighted by molar-refractivity contribution is 6.11. The van der Waals surface area contributed by atoms with Gasteiger partial charge in [0.1, 0.15) is 17.0 Å². The summed E-state index contributed by atoms with van der Waals surface area (Å²) in [5, 5.41) is 6.55. The van der Waals surface area contributed by atoms with Crippen molar-refractivity contribution in [3.05, 3.63) is 206 Å². The Morgan fingerprint density at radius 3 is 1.91 bits per heavy atom. The first-order valence-corrected chi connectivity index (χ1v) is 18.9. The molecule has 2 heterocycles. The van der Waals surface area contributed by atoms with Crippen molar-refractivity contribution < 1.29 is 8.81 Å². The predicted octanol–water partition coefficient (Wildman–Crippen LogP) is 14.8. The quantitative estimate of drug-likeness (QED) is 0.171. The Bertz CT molecular complexity index is 3270. The fraction of sp³-hybridized carbons (Fsp3) is 0. The van der Waals surface area contributed by atoms with Crippen LogP contribution in [0.3, 0.4) is 0 Å². The number of halogens is 1. The second-order valence-corrected chi connectivity index (χ2v) is 14.3. The van der Waals surface area contributed by atoms with Gasteiger partial charge in [-0.2, -0.15) is 0 Å². The first-order valence-electron chi connectivity index (χ1n) is 18.9. The smallest absolute Gasteiger partial charge is 0.143 e. The largest absolute Gasteiger partial charge is 0.455 e. The van der Waals surface area contributed by atoms with Gasteiger partial charge in [-0.15, -0.1) is 0 Å². The Labute approximate surface area is 322 Å². The number of furan rings is 1. The molecule has 0 fully saturated rings. The summed E-state index contributed by atoms with van der Waals surface area (Å²) in [6.07, 6.45) is 0. The summed E-state index contributed by atoms with van der Waals surface area (Å²) >= 11 is 0. The molecule has 0 radical (unpaired) electrons. The molecule has 9 aromatic carbocycles. The Morgan fingerprint density at radius 1 is 0.429 bits per heavy atom. The van der Waals surface area contributed by atoms with Crippen molar-refractivity contribution in [2.45, 2.75) is 0 Å². The van der Waals surface area contributed by atoms with Gasteiger partial charge in [-0.1, -0.05) is 127 Å². The van der Waals surface area contributed by atoms with Crippen molar-refractivity contribution in [2.75, 3.05) is 4.90 Å². The van der Waals surface area contributed by atoms with E-state index in [1.165, 1.54) is 16.3 Å². The molecule has 0 atom stereocenters. The highest BCUT2D eigenvalue weighted by atomic mass is 19.1. The number of para-hydroxylation sites is 5. The molecule has 3 nitrogen and oxygen atoms in total. The van der Waals surface area contributed by atoms with E-state index in [9.17, 15) is 4.39 Å². The zero-order chi connectivity index (χ0) is 37.2. The highest BCUT2D eigenvalue weighted by Gasteiger charge is 2.21. The summed E-state index contributed by atoms with van der Waals surface area (Å²) in [6, 6.07) is 69.0. The topological polar surface area (TPSA) is 21.3 Å². The minimum atomic E-state index is -0.250. The van der Waals surface area contributed by atoms with E-state index in [1.807, 2.05) is 30.3 Å². The number of hydrogen-bond donors (Lipinski definition) is 0. The third-order valence-corrected chi connectivity index (χ3v) is 11.0. The van der Waals surface area contributed by atoms with Gasteiger partial charge in [-0.25, -0.2) is 4.39 Å². The van der Waals surface area contributed by atoms with Crippen molar-refractivity contribution in [2.24, 2.45) is 0 Å². The minimum absolute atomic E-state index is 0.250. The molecule has 0 saturated carbocycles. The van der Waals surface area contributed by atoms with Crippen LogP contribution in [-0.4, -0.2) is 4.57 Å². The lowest BCUT2D eigenvalue weighted by Gasteiger charge is -2.28. The Hall–Kier alpha value is -7.43. The van der Waals surface area contributed by atoms with E-state index in [2.05, 4.69) is 167 Å². The third-order valence-electron chi connectivity index (χ3n) is 11.0. The second kappa shape index (κ2) is 12.9. The second-order valence-electron chi connectivity index (χ2n) is 14.3. The molecule has 11 aromatic rings. The van der Waals surface area contributed by atoms with Crippen LogP contribution in [0.15, 0.2) is 205 Å². The number of hydrogen-bond acceptors (Lipinski definition) is 2. The Kier molecular flexibility index (Phi) is 7.36. The summed E-state index contributed by atoms with van der Waals surface area (Å²) in [6.45, 7) is 0. The maximum absolute atomic E-state index is 14.7. The fourth-order valence-corrected chi connectivity index (χ4v) is 8.41. The summed E-state index contributed by atoms with van der Waals surface area (Å²) in [7, 11) is 0. The van der Waals surface area contributed by atoms with Crippen LogP contribution in [0.25, 0.3) is 82.5 Å². The molecule has 0 unspecified atom stereocenters. The van der Waals surface area contributed by atoms with Gasteiger partial charge in [0.15, 0.2) is 0 Å². The van der Waals surface area contributed by atoms with Crippen molar-refractivity contribution >= 4 is 71.6 Å². The molecular weight excluding hydrogens is 688 g/mol. The molecule has 56 heavy (non-hydrogen) atoms. The highest BCUT2D eigenvalue weighted by Crippen LogP contribution is 2.43. The average Bonchev–Trinajstić information content (AvgIpc) is 3.80. The molecule has 264 valence electrons. The molecule has 11 rings (SSSR count).